The molecule has 0 aliphatic rings. The van der Waals surface area contributed by atoms with Gasteiger partial charge >= 0.3 is 10.4 Å². The van der Waals surface area contributed by atoms with Gasteiger partial charge in [0.15, 0.2) is 0 Å². The van der Waals surface area contributed by atoms with Gasteiger partial charge in [0, 0.05) is 0 Å². The van der Waals surface area contributed by atoms with Crippen LogP contribution in [0.15, 0.2) is 0 Å². The molecule has 9 nitrogen and oxygen atoms in total. The fourth-order valence-electron chi connectivity index (χ4n) is 1.28. The fourth-order valence-corrected chi connectivity index (χ4v) is 5.82. The van der Waals surface area contributed by atoms with Crippen molar-refractivity contribution in [3.8, 4) is 0 Å². The molecule has 134 valence electrons. The molecule has 13 heteroatoms. The van der Waals surface area contributed by atoms with Crippen molar-refractivity contribution >= 4 is 39.9 Å². The Labute approximate surface area is 135 Å². The second-order valence-electron chi connectivity index (χ2n) is 5.31. The molecule has 0 radical (unpaired) electrons. The highest BCUT2D eigenvalue weighted by Crippen LogP contribution is 2.10. The summed E-state index contributed by atoms with van der Waals surface area (Å²) in [6.07, 6.45) is 0.0270. The fraction of sp³-hybridized carbons (Fsp3) is 1.00. The van der Waals surface area contributed by atoms with Gasteiger partial charge in [0.25, 0.3) is 0 Å². The van der Waals surface area contributed by atoms with E-state index in [0.29, 0.717) is 0 Å². The van der Waals surface area contributed by atoms with Crippen LogP contribution in [-0.4, -0.2) is 58.6 Å². The topological polar surface area (TPSA) is 136 Å². The first-order valence-electron chi connectivity index (χ1n) is 6.36. The van der Waals surface area contributed by atoms with Gasteiger partial charge in [-0.3, -0.25) is 3.87 Å². The molecular weight excluding hydrogens is 376 g/mol. The smallest absolute Gasteiger partial charge is 0.390 e. The number of rotatable bonds is 12. The van der Waals surface area contributed by atoms with E-state index in [9.17, 15) is 25.6 Å². The Morgan fingerprint density at radius 2 is 1.50 bits per heavy atom. The minimum Gasteiger partial charge on any atom is -0.750 e. The van der Waals surface area contributed by atoms with Gasteiger partial charge in [-0.2, -0.15) is 8.42 Å². The van der Waals surface area contributed by atoms with Gasteiger partial charge < -0.3 is 8.74 Å². The monoisotopic (exact) mass is 397 g/mol. The molecule has 0 aromatic carbocycles. The summed E-state index contributed by atoms with van der Waals surface area (Å²) in [5.74, 6) is -0.516. The SMILES string of the molecule is C[Si](C)(C)OS(=O)(=O)OCCCS(=O)(=O)CCCOS(=O)[O-]. The van der Waals surface area contributed by atoms with E-state index < -0.39 is 39.9 Å². The lowest BCUT2D eigenvalue weighted by Crippen LogP contribution is -2.30. The zero-order chi connectivity index (χ0) is 17.4. The third-order valence-corrected chi connectivity index (χ3v) is 7.41. The predicted octanol–water partition coefficient (Wildman–Crippen LogP) is 0.105. The molecule has 0 aromatic rings. The Hall–Kier alpha value is 0.107. The first-order valence-corrected chi connectivity index (χ1v) is 13.9. The molecule has 0 saturated heterocycles. The summed E-state index contributed by atoms with van der Waals surface area (Å²) in [6, 6.07) is 0. The summed E-state index contributed by atoms with van der Waals surface area (Å²) < 4.78 is 79.7. The van der Waals surface area contributed by atoms with Crippen molar-refractivity contribution in [2.75, 3.05) is 24.7 Å². The van der Waals surface area contributed by atoms with E-state index in [1.807, 2.05) is 0 Å². The van der Waals surface area contributed by atoms with Crippen LogP contribution in [0.2, 0.25) is 19.6 Å². The van der Waals surface area contributed by atoms with Crippen LogP contribution in [0.3, 0.4) is 0 Å². The first kappa shape index (κ1) is 22.1. The number of sulfone groups is 1. The standard InChI is InChI=1S/C9H22O9S3Si/c1-22(2,3)18-21(14,15)17-7-5-9-20(12,13)8-4-6-16-19(10)11/h4-9H2,1-3H3,(H,10,11)/p-1. The van der Waals surface area contributed by atoms with Crippen molar-refractivity contribution in [1.29, 1.82) is 0 Å². The van der Waals surface area contributed by atoms with Crippen LogP contribution in [-0.2, 0) is 43.8 Å². The average molecular weight is 398 g/mol. The minimum atomic E-state index is -4.11. The summed E-state index contributed by atoms with van der Waals surface area (Å²) >= 11 is -2.66. The Morgan fingerprint density at radius 1 is 1.00 bits per heavy atom. The zero-order valence-corrected chi connectivity index (χ0v) is 16.1. The quantitative estimate of drug-likeness (QED) is 0.255. The molecule has 1 atom stereocenters. The second-order valence-corrected chi connectivity index (χ2v) is 14.2. The molecule has 0 saturated carbocycles. The van der Waals surface area contributed by atoms with Crippen molar-refractivity contribution in [3.05, 3.63) is 0 Å². The molecule has 1 unspecified atom stereocenters. The van der Waals surface area contributed by atoms with E-state index in [-0.39, 0.29) is 37.6 Å². The molecule has 0 aliphatic heterocycles. The van der Waals surface area contributed by atoms with E-state index >= 15 is 0 Å². The number of hydrogen-bond donors (Lipinski definition) is 0. The average Bonchev–Trinajstić information content (AvgIpc) is 2.27. The van der Waals surface area contributed by atoms with Gasteiger partial charge in [-0.25, -0.2) is 16.8 Å². The molecular formula is C9H21O9S3Si-. The van der Waals surface area contributed by atoms with Crippen molar-refractivity contribution in [3.63, 3.8) is 0 Å². The second kappa shape index (κ2) is 9.41. The maximum absolute atomic E-state index is 11.6. The van der Waals surface area contributed by atoms with E-state index in [0.717, 1.165) is 0 Å². The van der Waals surface area contributed by atoms with Gasteiger partial charge in [0.2, 0.25) is 8.32 Å². The molecule has 0 spiro atoms. The predicted molar refractivity (Wildman–Crippen MR) is 82.1 cm³/mol. The van der Waals surface area contributed by atoms with E-state index in [4.69, 9.17) is 3.87 Å². The molecule has 0 aliphatic carbocycles. The third-order valence-electron chi connectivity index (χ3n) is 1.96. The van der Waals surface area contributed by atoms with Crippen LogP contribution < -0.4 is 0 Å². The maximum Gasteiger partial charge on any atom is 0.390 e. The summed E-state index contributed by atoms with van der Waals surface area (Å²) in [5.41, 5.74) is 0. The Kier molecular flexibility index (Phi) is 9.46. The van der Waals surface area contributed by atoms with Gasteiger partial charge in [-0.05, 0) is 32.5 Å². The summed E-state index contributed by atoms with van der Waals surface area (Å²) in [6.45, 7) is 4.51. The molecule has 0 bridgehead atoms. The van der Waals surface area contributed by atoms with Crippen LogP contribution in [0.25, 0.3) is 0 Å². The first-order chi connectivity index (χ1) is 9.83. The van der Waals surface area contributed by atoms with E-state index in [1.54, 1.807) is 19.6 Å². The van der Waals surface area contributed by atoms with Crippen molar-refractivity contribution in [2.24, 2.45) is 0 Å². The van der Waals surface area contributed by atoms with Gasteiger partial charge in [-0.1, -0.05) is 0 Å². The maximum atomic E-state index is 11.6. The largest absolute Gasteiger partial charge is 0.750 e. The summed E-state index contributed by atoms with van der Waals surface area (Å²) in [7, 11) is -9.85. The molecule has 22 heavy (non-hydrogen) atoms. The Bertz CT molecular complexity index is 549. The zero-order valence-electron chi connectivity index (χ0n) is 12.6. The lowest BCUT2D eigenvalue weighted by molar-refractivity contribution is 0.272. The molecule has 0 aromatic heterocycles. The van der Waals surface area contributed by atoms with Crippen molar-refractivity contribution in [2.45, 2.75) is 32.5 Å². The summed E-state index contributed by atoms with van der Waals surface area (Å²) in [5, 5.41) is 0. The van der Waals surface area contributed by atoms with Gasteiger partial charge in [0.05, 0.1) is 36.1 Å². The van der Waals surface area contributed by atoms with Gasteiger partial charge in [-0.15, -0.1) is 0 Å². The normalized spacial score (nSPS) is 14.9. The highest BCUT2D eigenvalue weighted by Gasteiger charge is 2.25. The van der Waals surface area contributed by atoms with Crippen LogP contribution in [0.5, 0.6) is 0 Å². The lowest BCUT2D eigenvalue weighted by Gasteiger charge is -2.16. The highest BCUT2D eigenvalue weighted by atomic mass is 32.3. The lowest BCUT2D eigenvalue weighted by atomic mass is 10.5. The Balaban J connectivity index is 4.01. The summed E-state index contributed by atoms with van der Waals surface area (Å²) in [4.78, 5) is 0. The van der Waals surface area contributed by atoms with Crippen LogP contribution in [0, 0.1) is 0 Å². The van der Waals surface area contributed by atoms with E-state index in [1.165, 1.54) is 0 Å². The van der Waals surface area contributed by atoms with E-state index in [2.05, 4.69) is 8.37 Å². The van der Waals surface area contributed by atoms with Crippen LogP contribution in [0.4, 0.5) is 0 Å². The van der Waals surface area contributed by atoms with Crippen LogP contribution in [0.1, 0.15) is 12.8 Å². The molecule has 0 N–H and O–H groups in total. The molecule has 0 heterocycles. The molecule has 0 rings (SSSR count). The minimum absolute atomic E-state index is 0.00896. The third kappa shape index (κ3) is 13.7. The van der Waals surface area contributed by atoms with Gasteiger partial charge in [0.1, 0.15) is 9.84 Å². The molecule has 0 fully saturated rings. The highest BCUT2D eigenvalue weighted by molar-refractivity contribution is 7.91. The molecule has 0 amide bonds. The van der Waals surface area contributed by atoms with Crippen molar-refractivity contribution < 1.29 is 37.8 Å². The Morgan fingerprint density at radius 3 is 1.95 bits per heavy atom. The van der Waals surface area contributed by atoms with Crippen molar-refractivity contribution in [1.82, 2.24) is 0 Å². The van der Waals surface area contributed by atoms with Crippen LogP contribution >= 0.6 is 0 Å². The number of hydrogen-bond acceptors (Lipinski definition) is 9.